The molecule has 1 fully saturated rings. The number of nitrogens with zero attached hydrogens (tertiary/aromatic N) is 1. The molecule has 3 heterocycles. The van der Waals surface area contributed by atoms with Gasteiger partial charge < -0.3 is 71.7 Å². The number of rotatable bonds is 25. The summed E-state index contributed by atoms with van der Waals surface area (Å²) in [5, 5.41) is 69.4. The zero-order valence-corrected chi connectivity index (χ0v) is 44.2. The quantitative estimate of drug-likeness (QED) is 0.0330. The van der Waals surface area contributed by atoms with Crippen molar-refractivity contribution in [1.29, 1.82) is 0 Å². The minimum Gasteiger partial charge on any atom is -0.490 e. The number of carboxylic acid groups (broad SMARTS) is 1. The average molecular weight is 1080 g/mol. The van der Waals surface area contributed by atoms with Crippen LogP contribution in [0.5, 0.6) is 23.0 Å². The molecule has 23 heteroatoms. The summed E-state index contributed by atoms with van der Waals surface area (Å²) >= 11 is 0. The number of ether oxygens (including phenoxy) is 4. The molecule has 10 atom stereocenters. The Morgan fingerprint density at radius 3 is 2.18 bits per heavy atom. The summed E-state index contributed by atoms with van der Waals surface area (Å²) in [6, 6.07) is 5.10. The van der Waals surface area contributed by atoms with Crippen LogP contribution in [0.1, 0.15) is 121 Å². The number of methoxy groups -OCH3 is 1. The number of unbranched alkanes of at least 4 members (excludes halogenated alkanes) is 8. The monoisotopic (exact) mass is 1080 g/mol. The molecule has 0 aromatic heterocycles. The van der Waals surface area contributed by atoms with Crippen LogP contribution in [-0.4, -0.2) is 129 Å². The van der Waals surface area contributed by atoms with Crippen LogP contribution < -0.4 is 46.5 Å². The van der Waals surface area contributed by atoms with Gasteiger partial charge in [-0.1, -0.05) is 109 Å². The van der Waals surface area contributed by atoms with E-state index in [9.17, 15) is 59.3 Å². The lowest BCUT2D eigenvalue weighted by molar-refractivity contribution is -0.385. The van der Waals surface area contributed by atoms with Gasteiger partial charge in [0, 0.05) is 32.3 Å². The van der Waals surface area contributed by atoms with Crippen molar-refractivity contribution in [2.75, 3.05) is 13.7 Å². The normalized spacial score (nSPS) is 22.4. The van der Waals surface area contributed by atoms with E-state index in [2.05, 4.69) is 33.5 Å². The van der Waals surface area contributed by atoms with E-state index in [1.165, 1.54) is 44.2 Å². The molecule has 11 N–H and O–H groups in total. The second kappa shape index (κ2) is 29.6. The first-order valence-corrected chi connectivity index (χ1v) is 26.2. The lowest BCUT2D eigenvalue weighted by Crippen LogP contribution is -2.65. The number of aliphatic hydroxyl groups excluding tert-OH is 3. The topological polar surface area (TPSA) is 350 Å². The molecule has 1 saturated heterocycles. The number of hydrogen-bond acceptors (Lipinski definition) is 16. The Kier molecular flexibility index (Phi) is 23.4. The minimum atomic E-state index is -2.00. The molecule has 3 aliphatic rings. The molecule has 422 valence electrons. The van der Waals surface area contributed by atoms with E-state index in [0.29, 0.717) is 12.0 Å². The van der Waals surface area contributed by atoms with Crippen LogP contribution in [0.25, 0.3) is 0 Å². The number of nitro groups is 1. The predicted molar refractivity (Wildman–Crippen MR) is 280 cm³/mol. The molecule has 6 rings (SSSR count). The lowest BCUT2D eigenvalue weighted by Gasteiger charge is -2.42. The predicted octanol–water partition coefficient (Wildman–Crippen LogP) is 3.51. The third kappa shape index (κ3) is 17.6. The van der Waals surface area contributed by atoms with Gasteiger partial charge in [0.15, 0.2) is 17.5 Å². The van der Waals surface area contributed by atoms with E-state index in [4.69, 9.17) is 24.7 Å². The summed E-state index contributed by atoms with van der Waals surface area (Å²) in [5.41, 5.74) is 6.06. The van der Waals surface area contributed by atoms with Gasteiger partial charge in [0.2, 0.25) is 47.3 Å². The number of fused-ring (bicyclic) bond motifs is 9. The maximum absolute atomic E-state index is 14.9. The Balaban J connectivity index is 1.66. The zero-order valence-electron chi connectivity index (χ0n) is 44.2. The first kappa shape index (κ1) is 60.9. The van der Waals surface area contributed by atoms with Crippen molar-refractivity contribution in [3.05, 3.63) is 87.5 Å². The first-order valence-electron chi connectivity index (χ1n) is 26.2. The number of benzene rings is 3. The van der Waals surface area contributed by atoms with Crippen LogP contribution in [0.3, 0.4) is 0 Å². The summed E-state index contributed by atoms with van der Waals surface area (Å²) in [5.74, 6) is -7.21. The molecule has 77 heavy (non-hydrogen) atoms. The fourth-order valence-electron chi connectivity index (χ4n) is 9.28. The van der Waals surface area contributed by atoms with Crippen molar-refractivity contribution in [2.45, 2.75) is 172 Å². The van der Waals surface area contributed by atoms with Crippen LogP contribution in [0.2, 0.25) is 0 Å². The minimum absolute atomic E-state index is 0.0126. The summed E-state index contributed by atoms with van der Waals surface area (Å²) in [4.78, 5) is 94.6. The number of nitro benzene ring substituents is 1. The third-order valence-electron chi connectivity index (χ3n) is 13.3. The average Bonchev–Trinajstić information content (AvgIpc) is 3.38. The van der Waals surface area contributed by atoms with Gasteiger partial charge in [-0.15, -0.1) is 0 Å². The highest BCUT2D eigenvalue weighted by molar-refractivity contribution is 5.94. The Bertz CT molecular complexity index is 2500. The van der Waals surface area contributed by atoms with Gasteiger partial charge in [-0.25, -0.2) is 4.79 Å². The second-order valence-electron chi connectivity index (χ2n) is 20.0. The Labute approximate surface area is 447 Å². The van der Waals surface area contributed by atoms with Crippen molar-refractivity contribution in [3.63, 3.8) is 0 Å². The number of amides is 5. The van der Waals surface area contributed by atoms with Crippen molar-refractivity contribution in [1.82, 2.24) is 26.6 Å². The third-order valence-corrected chi connectivity index (χ3v) is 13.3. The highest BCUT2D eigenvalue weighted by Crippen LogP contribution is 2.45. The highest BCUT2D eigenvalue weighted by Gasteiger charge is 2.47. The number of hydrogen-bond donors (Lipinski definition) is 10. The molecular weight excluding hydrogens is 1000 g/mol. The van der Waals surface area contributed by atoms with Crippen molar-refractivity contribution < 1.29 is 73.1 Å². The molecular formula is C54H75N7O16. The van der Waals surface area contributed by atoms with Gasteiger partial charge in [-0.05, 0) is 53.6 Å². The number of aliphatic hydroxyl groups is 3. The number of carbonyl (C=O) groups is 6. The summed E-state index contributed by atoms with van der Waals surface area (Å²) < 4.78 is 24.4. The number of carboxylic acids is 1. The molecule has 0 spiro atoms. The van der Waals surface area contributed by atoms with Crippen LogP contribution >= 0.6 is 0 Å². The SMILES string of the molecule is CCCCCCCCCCCC(=O)N[C@H]1[C@H](Oc2cc3cc(c2OC)Oc2ccc(cc2[N+](=O)[O-])C[C@H](NC(=O)[C@H](N)CC(C)C)C(=O)N[C@H](Cc2ccccc2)C(=O)N[C@H]3[C@@H](NC(C)=O)C(=O)O)O[C@H](CO)[C@@H](O)[C@@H]1O. The molecule has 3 aromatic carbocycles. The second-order valence-corrected chi connectivity index (χ2v) is 20.0. The summed E-state index contributed by atoms with van der Waals surface area (Å²) in [7, 11) is 1.18. The number of nitrogens with two attached hydrogens (primary N) is 1. The van der Waals surface area contributed by atoms with Gasteiger partial charge in [0.05, 0.1) is 30.7 Å². The largest absolute Gasteiger partial charge is 0.490 e. The van der Waals surface area contributed by atoms with Crippen LogP contribution in [0, 0.1) is 16.0 Å². The van der Waals surface area contributed by atoms with E-state index < -0.39 is 131 Å². The highest BCUT2D eigenvalue weighted by atomic mass is 16.7. The van der Waals surface area contributed by atoms with Crippen molar-refractivity contribution in [3.8, 4) is 23.0 Å². The maximum Gasteiger partial charge on any atom is 0.328 e. The molecule has 5 amide bonds. The zero-order chi connectivity index (χ0) is 56.3. The molecule has 3 aliphatic heterocycles. The molecule has 0 unspecified atom stereocenters. The van der Waals surface area contributed by atoms with Gasteiger partial charge in [-0.2, -0.15) is 0 Å². The van der Waals surface area contributed by atoms with Gasteiger partial charge in [0.25, 0.3) is 0 Å². The smallest absolute Gasteiger partial charge is 0.328 e. The number of nitrogens with one attached hydrogen (secondary N) is 5. The maximum atomic E-state index is 14.9. The molecule has 23 nitrogen and oxygen atoms in total. The van der Waals surface area contributed by atoms with Gasteiger partial charge >= 0.3 is 11.7 Å². The van der Waals surface area contributed by atoms with E-state index in [0.717, 1.165) is 51.5 Å². The summed E-state index contributed by atoms with van der Waals surface area (Å²) in [6.45, 7) is 6.06. The molecule has 3 aromatic rings. The molecule has 0 aliphatic carbocycles. The Morgan fingerprint density at radius 2 is 1.57 bits per heavy atom. The fraction of sp³-hybridized carbons (Fsp3) is 0.556. The van der Waals surface area contributed by atoms with Crippen LogP contribution in [0.4, 0.5) is 5.69 Å². The van der Waals surface area contributed by atoms with E-state index in [1.54, 1.807) is 30.3 Å². The van der Waals surface area contributed by atoms with Crippen LogP contribution in [-0.2, 0) is 46.3 Å². The molecule has 0 saturated carbocycles. The number of carbonyl (C=O) groups excluding carboxylic acids is 5. The number of aliphatic carboxylic acids is 1. The Hall–Kier alpha value is -6.92. The molecule has 0 radical (unpaired) electrons. The standard InChI is InChI=1S/C54H75N7O16/c1-6-7-8-9-10-11-12-13-17-20-43(64)59-46-48(66)47(65)42(29-62)77-54(46)76-41-28-34-27-40(49(41)74-5)75-39-22-21-33(26-38(39)61(72)73)25-37(57-50(67)35(55)23-30(2)3)51(68)58-36(24-32-18-15-14-16-19-32)52(69)60-44(34)45(53(70)71)56-31(4)63/h14-16,18-19,21-22,26-28,30,35-37,42,44-48,54,62,65-66H,6-13,17,20,23-25,29,55H2,1-5H3,(H,56,63)(H,57,67)(H,58,68)(H,59,64)(H,60,69)(H,70,71)/t35-,36-,37+,42-,44-,45-,46-,47-,48-,54-/m1/s1. The Morgan fingerprint density at radius 1 is 0.896 bits per heavy atom. The van der Waals surface area contributed by atoms with Crippen molar-refractivity contribution >= 4 is 41.2 Å². The van der Waals surface area contributed by atoms with E-state index in [1.807, 2.05) is 13.8 Å². The van der Waals surface area contributed by atoms with Crippen LogP contribution in [0.15, 0.2) is 60.7 Å². The van der Waals surface area contributed by atoms with Crippen molar-refractivity contribution in [2.24, 2.45) is 11.7 Å². The summed E-state index contributed by atoms with van der Waals surface area (Å²) in [6.07, 6.45) is 1.88. The fourth-order valence-corrected chi connectivity index (χ4v) is 9.28. The van der Waals surface area contributed by atoms with Gasteiger partial charge in [-0.3, -0.25) is 34.1 Å². The lowest BCUT2D eigenvalue weighted by atomic mass is 9.95. The van der Waals surface area contributed by atoms with E-state index in [-0.39, 0.29) is 48.5 Å². The van der Waals surface area contributed by atoms with Gasteiger partial charge in [0.1, 0.15) is 36.4 Å². The van der Waals surface area contributed by atoms with E-state index >= 15 is 0 Å². The molecule has 4 bridgehead atoms. The first-order chi connectivity index (χ1) is 36.7.